The first-order valence-electron chi connectivity index (χ1n) is 9.01. The van der Waals surface area contributed by atoms with E-state index < -0.39 is 0 Å². The van der Waals surface area contributed by atoms with Gasteiger partial charge in [-0.05, 0) is 37.3 Å². The molecule has 26 heavy (non-hydrogen) atoms. The second kappa shape index (κ2) is 7.31. The van der Waals surface area contributed by atoms with Gasteiger partial charge in [-0.1, -0.05) is 13.8 Å². The highest BCUT2D eigenvalue weighted by Gasteiger charge is 2.24. The van der Waals surface area contributed by atoms with Gasteiger partial charge < -0.3 is 10.2 Å². The molecule has 0 saturated carbocycles. The summed E-state index contributed by atoms with van der Waals surface area (Å²) in [5.74, 6) is 0.320. The lowest BCUT2D eigenvalue weighted by atomic mass is 9.96. The van der Waals surface area contributed by atoms with E-state index in [1.807, 2.05) is 18.7 Å². The van der Waals surface area contributed by atoms with Crippen molar-refractivity contribution in [3.8, 4) is 0 Å². The van der Waals surface area contributed by atoms with Gasteiger partial charge >= 0.3 is 0 Å². The van der Waals surface area contributed by atoms with E-state index in [1.54, 1.807) is 13.0 Å². The van der Waals surface area contributed by atoms with Crippen molar-refractivity contribution in [2.75, 3.05) is 19.6 Å². The predicted octanol–water partition coefficient (Wildman–Crippen LogP) is 1.18. The molecule has 2 amide bonds. The van der Waals surface area contributed by atoms with Gasteiger partial charge in [0.25, 0.3) is 11.5 Å². The van der Waals surface area contributed by atoms with E-state index in [2.05, 4.69) is 20.5 Å². The van der Waals surface area contributed by atoms with E-state index in [0.29, 0.717) is 29.1 Å². The van der Waals surface area contributed by atoms with E-state index in [-0.39, 0.29) is 29.0 Å². The molecule has 0 aliphatic carbocycles. The summed E-state index contributed by atoms with van der Waals surface area (Å²) < 4.78 is 0. The molecule has 2 aromatic heterocycles. The number of carbonyl (C=O) groups excluding carboxylic acids is 2. The first kappa shape index (κ1) is 18.2. The number of rotatable bonds is 4. The number of fused-ring (bicyclic) bond motifs is 1. The Kier molecular flexibility index (Phi) is 5.11. The summed E-state index contributed by atoms with van der Waals surface area (Å²) in [5, 5.41) is 8.57. The molecule has 0 unspecified atom stereocenters. The monoisotopic (exact) mass is 359 g/mol. The topological polar surface area (TPSA) is 111 Å². The summed E-state index contributed by atoms with van der Waals surface area (Å²) in [7, 11) is 0. The van der Waals surface area contributed by atoms with Gasteiger partial charge in [-0.15, -0.1) is 0 Å². The maximum absolute atomic E-state index is 12.4. The minimum absolute atomic E-state index is 0.0235. The number of H-pyrrole nitrogens is 2. The van der Waals surface area contributed by atoms with Crippen molar-refractivity contribution >= 4 is 22.8 Å². The van der Waals surface area contributed by atoms with Crippen LogP contribution in [0.2, 0.25) is 0 Å². The van der Waals surface area contributed by atoms with Crippen molar-refractivity contribution in [1.29, 1.82) is 0 Å². The van der Waals surface area contributed by atoms with E-state index in [0.717, 1.165) is 25.9 Å². The lowest BCUT2D eigenvalue weighted by Gasteiger charge is -2.33. The fourth-order valence-electron chi connectivity index (χ4n) is 3.39. The van der Waals surface area contributed by atoms with Crippen molar-refractivity contribution in [1.82, 2.24) is 25.4 Å². The molecule has 140 valence electrons. The van der Waals surface area contributed by atoms with Gasteiger partial charge in [0.2, 0.25) is 5.91 Å². The van der Waals surface area contributed by atoms with Gasteiger partial charge in [0, 0.05) is 25.6 Å². The number of hydrogen-bond donors (Lipinski definition) is 3. The number of pyridine rings is 1. The third kappa shape index (κ3) is 3.63. The van der Waals surface area contributed by atoms with Gasteiger partial charge in [-0.2, -0.15) is 0 Å². The molecule has 8 nitrogen and oxygen atoms in total. The van der Waals surface area contributed by atoms with Crippen LogP contribution in [0.4, 0.5) is 0 Å². The predicted molar refractivity (Wildman–Crippen MR) is 97.9 cm³/mol. The number of piperidine rings is 1. The first-order chi connectivity index (χ1) is 12.4. The summed E-state index contributed by atoms with van der Waals surface area (Å²) in [5.41, 5.74) is 1.15. The normalized spacial score (nSPS) is 15.6. The first-order valence-corrected chi connectivity index (χ1v) is 9.01. The zero-order chi connectivity index (χ0) is 18.8. The number of aromatic amines is 2. The van der Waals surface area contributed by atoms with Crippen molar-refractivity contribution in [3.05, 3.63) is 27.7 Å². The van der Waals surface area contributed by atoms with Crippen LogP contribution in [0, 0.1) is 18.8 Å². The lowest BCUT2D eigenvalue weighted by molar-refractivity contribution is -0.135. The quantitative estimate of drug-likeness (QED) is 0.761. The largest absolute Gasteiger partial charge is 0.350 e. The van der Waals surface area contributed by atoms with Crippen LogP contribution in [0.3, 0.4) is 0 Å². The van der Waals surface area contributed by atoms with Crippen LogP contribution in [-0.2, 0) is 4.79 Å². The minimum atomic E-state index is -0.252. The van der Waals surface area contributed by atoms with Crippen LogP contribution in [0.1, 0.15) is 42.7 Å². The van der Waals surface area contributed by atoms with E-state index in [4.69, 9.17) is 0 Å². The summed E-state index contributed by atoms with van der Waals surface area (Å²) in [4.78, 5) is 42.2. The van der Waals surface area contributed by atoms with Crippen LogP contribution in [0.15, 0.2) is 10.9 Å². The molecule has 3 rings (SSSR count). The molecule has 1 saturated heterocycles. The highest BCUT2D eigenvalue weighted by molar-refractivity contribution is 5.95. The molecule has 1 aliphatic heterocycles. The lowest BCUT2D eigenvalue weighted by Crippen LogP contribution is -2.43. The fraction of sp³-hybridized carbons (Fsp3) is 0.556. The Balaban J connectivity index is 1.57. The van der Waals surface area contributed by atoms with E-state index in [1.165, 1.54) is 0 Å². The third-order valence-electron chi connectivity index (χ3n) is 4.94. The SMILES string of the molecule is Cc1cc(C(=O)NCC2CCN(C(=O)C(C)C)CC2)nc2[nH][nH]c(=O)c12. The number of carbonyl (C=O) groups is 2. The van der Waals surface area contributed by atoms with Crippen LogP contribution in [0.5, 0.6) is 0 Å². The zero-order valence-corrected chi connectivity index (χ0v) is 15.4. The number of nitrogens with zero attached hydrogens (tertiary/aromatic N) is 2. The number of likely N-dealkylation sites (tertiary alicyclic amines) is 1. The number of aromatic nitrogens is 3. The summed E-state index contributed by atoms with van der Waals surface area (Å²) in [6, 6.07) is 1.63. The maximum Gasteiger partial charge on any atom is 0.273 e. The molecule has 0 atom stereocenters. The molecule has 8 heteroatoms. The van der Waals surface area contributed by atoms with Crippen LogP contribution < -0.4 is 10.9 Å². The molecule has 2 aromatic rings. The Hall–Kier alpha value is -2.64. The highest BCUT2D eigenvalue weighted by Crippen LogP contribution is 2.18. The molecular weight excluding hydrogens is 334 g/mol. The molecule has 1 fully saturated rings. The fourth-order valence-corrected chi connectivity index (χ4v) is 3.39. The van der Waals surface area contributed by atoms with Crippen molar-refractivity contribution in [2.24, 2.45) is 11.8 Å². The Bertz CT molecular complexity index is 875. The summed E-state index contributed by atoms with van der Waals surface area (Å²) >= 11 is 0. The Morgan fingerprint density at radius 3 is 2.65 bits per heavy atom. The molecular formula is C18H25N5O3. The Morgan fingerprint density at radius 2 is 2.00 bits per heavy atom. The van der Waals surface area contributed by atoms with Crippen LogP contribution in [-0.4, -0.2) is 51.5 Å². The molecule has 0 bridgehead atoms. The van der Waals surface area contributed by atoms with E-state index >= 15 is 0 Å². The zero-order valence-electron chi connectivity index (χ0n) is 15.4. The van der Waals surface area contributed by atoms with Gasteiger partial charge in [0.1, 0.15) is 5.69 Å². The van der Waals surface area contributed by atoms with Crippen molar-refractivity contribution in [3.63, 3.8) is 0 Å². The van der Waals surface area contributed by atoms with Gasteiger partial charge in [-0.25, -0.2) is 4.98 Å². The Morgan fingerprint density at radius 1 is 1.31 bits per heavy atom. The van der Waals surface area contributed by atoms with Crippen LogP contribution in [0.25, 0.3) is 11.0 Å². The van der Waals surface area contributed by atoms with Crippen LogP contribution >= 0.6 is 0 Å². The number of hydrogen-bond acceptors (Lipinski definition) is 4. The second-order valence-corrected chi connectivity index (χ2v) is 7.26. The van der Waals surface area contributed by atoms with Gasteiger partial charge in [0.15, 0.2) is 5.65 Å². The molecule has 0 aromatic carbocycles. The van der Waals surface area contributed by atoms with Crippen molar-refractivity contribution < 1.29 is 9.59 Å². The minimum Gasteiger partial charge on any atom is -0.350 e. The van der Waals surface area contributed by atoms with Crippen molar-refractivity contribution in [2.45, 2.75) is 33.6 Å². The number of aryl methyl sites for hydroxylation is 1. The maximum atomic E-state index is 12.4. The standard InChI is InChI=1S/C18H25N5O3/c1-10(2)18(26)23-6-4-12(5-7-23)9-19-16(24)13-8-11(3)14-15(20-13)21-22-17(14)25/h8,10,12H,4-7,9H2,1-3H3,(H,19,24)(H2,20,21,22,25). The average molecular weight is 359 g/mol. The summed E-state index contributed by atoms with van der Waals surface area (Å²) in [6.45, 7) is 7.66. The van der Waals surface area contributed by atoms with Gasteiger partial charge in [-0.3, -0.25) is 24.6 Å². The summed E-state index contributed by atoms with van der Waals surface area (Å²) in [6.07, 6.45) is 1.77. The molecule has 3 N–H and O–H groups in total. The van der Waals surface area contributed by atoms with Gasteiger partial charge in [0.05, 0.1) is 5.39 Å². The highest BCUT2D eigenvalue weighted by atomic mass is 16.2. The second-order valence-electron chi connectivity index (χ2n) is 7.26. The third-order valence-corrected chi connectivity index (χ3v) is 4.94. The molecule has 0 radical (unpaired) electrons. The smallest absolute Gasteiger partial charge is 0.273 e. The van der Waals surface area contributed by atoms with E-state index in [9.17, 15) is 14.4 Å². The average Bonchev–Trinajstić information content (AvgIpc) is 3.00. The number of nitrogens with one attached hydrogen (secondary N) is 3. The Labute approximate surface area is 151 Å². The molecule has 0 spiro atoms. The number of amides is 2. The molecule has 1 aliphatic rings. The molecule has 3 heterocycles.